The van der Waals surface area contributed by atoms with Crippen LogP contribution in [0.25, 0.3) is 0 Å². The summed E-state index contributed by atoms with van der Waals surface area (Å²) < 4.78 is 5.51. The van der Waals surface area contributed by atoms with Gasteiger partial charge in [-0.25, -0.2) is 0 Å². The summed E-state index contributed by atoms with van der Waals surface area (Å²) in [6.45, 7) is 12.4. The molecule has 0 aliphatic heterocycles. The molecule has 0 bridgehead atoms. The molecule has 0 aromatic heterocycles. The zero-order chi connectivity index (χ0) is 13.1. The molecular formula is C14H28N2O. The van der Waals surface area contributed by atoms with Crippen LogP contribution in [0.1, 0.15) is 47.0 Å². The standard InChI is InChI=1S/C14H28N2O/c1-13(2)11-17-10-6-9-16-12-14(3,4)7-5-8-15/h13,16H,5-7,9-12H2,1-4H3. The third-order valence-electron chi connectivity index (χ3n) is 2.61. The molecule has 0 aromatic rings. The van der Waals surface area contributed by atoms with E-state index in [1.807, 2.05) is 0 Å². The lowest BCUT2D eigenvalue weighted by molar-refractivity contribution is 0.107. The first-order valence-corrected chi connectivity index (χ1v) is 6.63. The molecule has 0 spiro atoms. The number of hydrogen-bond acceptors (Lipinski definition) is 3. The lowest BCUT2D eigenvalue weighted by Crippen LogP contribution is -2.30. The van der Waals surface area contributed by atoms with Gasteiger partial charge >= 0.3 is 0 Å². The second-order valence-corrected chi connectivity index (χ2v) is 5.82. The molecule has 0 aliphatic rings. The fourth-order valence-corrected chi connectivity index (χ4v) is 1.53. The summed E-state index contributed by atoms with van der Waals surface area (Å²) in [5.41, 5.74) is 0.217. The molecule has 0 aromatic carbocycles. The van der Waals surface area contributed by atoms with E-state index < -0.39 is 0 Å². The zero-order valence-electron chi connectivity index (χ0n) is 11.9. The highest BCUT2D eigenvalue weighted by molar-refractivity contribution is 4.78. The molecule has 3 nitrogen and oxygen atoms in total. The number of ether oxygens (including phenoxy) is 1. The number of nitriles is 1. The Morgan fingerprint density at radius 3 is 2.65 bits per heavy atom. The van der Waals surface area contributed by atoms with Gasteiger partial charge in [-0.15, -0.1) is 0 Å². The molecule has 100 valence electrons. The third-order valence-corrected chi connectivity index (χ3v) is 2.61. The number of nitrogens with zero attached hydrogens (tertiary/aromatic N) is 1. The van der Waals surface area contributed by atoms with Crippen LogP contribution in [0, 0.1) is 22.7 Å². The quantitative estimate of drug-likeness (QED) is 0.597. The summed E-state index contributed by atoms with van der Waals surface area (Å²) in [6.07, 6.45) is 2.66. The van der Waals surface area contributed by atoms with Crippen molar-refractivity contribution in [2.75, 3.05) is 26.3 Å². The van der Waals surface area contributed by atoms with Gasteiger partial charge in [0.2, 0.25) is 0 Å². The van der Waals surface area contributed by atoms with Crippen molar-refractivity contribution in [3.8, 4) is 6.07 Å². The zero-order valence-corrected chi connectivity index (χ0v) is 11.9. The largest absolute Gasteiger partial charge is 0.381 e. The monoisotopic (exact) mass is 240 g/mol. The summed E-state index contributed by atoms with van der Waals surface area (Å²) in [7, 11) is 0. The minimum atomic E-state index is 0.217. The number of hydrogen-bond donors (Lipinski definition) is 1. The van der Waals surface area contributed by atoms with E-state index >= 15 is 0 Å². The molecule has 0 saturated heterocycles. The first kappa shape index (κ1) is 16.4. The van der Waals surface area contributed by atoms with Crippen molar-refractivity contribution in [2.24, 2.45) is 11.3 Å². The highest BCUT2D eigenvalue weighted by atomic mass is 16.5. The summed E-state index contributed by atoms with van der Waals surface area (Å²) in [6, 6.07) is 2.20. The van der Waals surface area contributed by atoms with Gasteiger partial charge in [0.1, 0.15) is 0 Å². The highest BCUT2D eigenvalue weighted by Crippen LogP contribution is 2.20. The molecule has 0 saturated carbocycles. The van der Waals surface area contributed by atoms with Crippen molar-refractivity contribution in [3.63, 3.8) is 0 Å². The molecule has 0 aliphatic carbocycles. The van der Waals surface area contributed by atoms with E-state index in [-0.39, 0.29) is 5.41 Å². The molecule has 0 amide bonds. The fourth-order valence-electron chi connectivity index (χ4n) is 1.53. The van der Waals surface area contributed by atoms with Crippen LogP contribution in [-0.4, -0.2) is 26.3 Å². The van der Waals surface area contributed by atoms with Crippen LogP contribution >= 0.6 is 0 Å². The van der Waals surface area contributed by atoms with Crippen molar-refractivity contribution in [2.45, 2.75) is 47.0 Å². The van der Waals surface area contributed by atoms with Crippen molar-refractivity contribution in [1.29, 1.82) is 5.26 Å². The Morgan fingerprint density at radius 1 is 1.35 bits per heavy atom. The molecular weight excluding hydrogens is 212 g/mol. The van der Waals surface area contributed by atoms with E-state index in [9.17, 15) is 0 Å². The van der Waals surface area contributed by atoms with Crippen LogP contribution in [0.2, 0.25) is 0 Å². The van der Waals surface area contributed by atoms with Gasteiger partial charge in [0, 0.05) is 26.2 Å². The van der Waals surface area contributed by atoms with Crippen LogP contribution in [-0.2, 0) is 4.74 Å². The van der Waals surface area contributed by atoms with E-state index in [0.717, 1.165) is 39.1 Å². The van der Waals surface area contributed by atoms with E-state index in [0.29, 0.717) is 12.3 Å². The summed E-state index contributed by atoms with van der Waals surface area (Å²) in [5.74, 6) is 0.618. The Labute approximate surface area is 107 Å². The van der Waals surface area contributed by atoms with Crippen LogP contribution in [0.5, 0.6) is 0 Å². The predicted octanol–water partition coefficient (Wildman–Crippen LogP) is 2.97. The number of rotatable bonds is 10. The second-order valence-electron chi connectivity index (χ2n) is 5.82. The Bertz CT molecular complexity index is 219. The Balaban J connectivity index is 3.35. The van der Waals surface area contributed by atoms with Crippen molar-refractivity contribution in [1.82, 2.24) is 5.32 Å². The molecule has 0 radical (unpaired) electrons. The van der Waals surface area contributed by atoms with Gasteiger partial charge in [-0.2, -0.15) is 5.26 Å². The van der Waals surface area contributed by atoms with E-state index in [1.54, 1.807) is 0 Å². The maximum absolute atomic E-state index is 8.56. The fraction of sp³-hybridized carbons (Fsp3) is 0.929. The van der Waals surface area contributed by atoms with Crippen molar-refractivity contribution < 1.29 is 4.74 Å². The van der Waals surface area contributed by atoms with Crippen LogP contribution < -0.4 is 5.32 Å². The SMILES string of the molecule is CC(C)COCCCNCC(C)(C)CCC#N. The average molecular weight is 240 g/mol. The molecule has 0 heterocycles. The first-order valence-electron chi connectivity index (χ1n) is 6.63. The van der Waals surface area contributed by atoms with Gasteiger partial charge in [0.05, 0.1) is 6.07 Å². The van der Waals surface area contributed by atoms with E-state index in [1.165, 1.54) is 0 Å². The third kappa shape index (κ3) is 11.7. The Morgan fingerprint density at radius 2 is 2.06 bits per heavy atom. The average Bonchev–Trinajstić information content (AvgIpc) is 2.24. The molecule has 0 rings (SSSR count). The molecule has 17 heavy (non-hydrogen) atoms. The van der Waals surface area contributed by atoms with Crippen LogP contribution in [0.15, 0.2) is 0 Å². The second kappa shape index (κ2) is 9.44. The van der Waals surface area contributed by atoms with Gasteiger partial charge in [0.15, 0.2) is 0 Å². The van der Waals surface area contributed by atoms with Crippen LogP contribution in [0.3, 0.4) is 0 Å². The minimum Gasteiger partial charge on any atom is -0.381 e. The Hall–Kier alpha value is -0.590. The first-order chi connectivity index (χ1) is 7.98. The van der Waals surface area contributed by atoms with E-state index in [2.05, 4.69) is 39.1 Å². The van der Waals surface area contributed by atoms with Gasteiger partial charge in [0.25, 0.3) is 0 Å². The summed E-state index contributed by atoms with van der Waals surface area (Å²) in [5, 5.41) is 12.0. The smallest absolute Gasteiger partial charge is 0.0621 e. The lowest BCUT2D eigenvalue weighted by atomic mass is 9.88. The molecule has 3 heteroatoms. The van der Waals surface area contributed by atoms with Gasteiger partial charge in [-0.1, -0.05) is 27.7 Å². The topological polar surface area (TPSA) is 45.0 Å². The van der Waals surface area contributed by atoms with Gasteiger partial charge in [-0.3, -0.25) is 0 Å². The van der Waals surface area contributed by atoms with E-state index in [4.69, 9.17) is 10.00 Å². The maximum Gasteiger partial charge on any atom is 0.0621 e. The number of nitrogens with one attached hydrogen (secondary N) is 1. The van der Waals surface area contributed by atoms with Gasteiger partial charge in [-0.05, 0) is 30.7 Å². The summed E-state index contributed by atoms with van der Waals surface area (Å²) in [4.78, 5) is 0. The minimum absolute atomic E-state index is 0.217. The van der Waals surface area contributed by atoms with Crippen LogP contribution in [0.4, 0.5) is 0 Å². The Kier molecular flexibility index (Phi) is 9.11. The summed E-state index contributed by atoms with van der Waals surface area (Å²) >= 11 is 0. The predicted molar refractivity (Wildman–Crippen MR) is 71.8 cm³/mol. The molecule has 0 atom stereocenters. The lowest BCUT2D eigenvalue weighted by Gasteiger charge is -2.23. The van der Waals surface area contributed by atoms with Crippen molar-refractivity contribution in [3.05, 3.63) is 0 Å². The highest BCUT2D eigenvalue weighted by Gasteiger charge is 2.16. The molecule has 0 fully saturated rings. The normalized spacial score (nSPS) is 11.8. The van der Waals surface area contributed by atoms with Crippen molar-refractivity contribution >= 4 is 0 Å². The van der Waals surface area contributed by atoms with Gasteiger partial charge < -0.3 is 10.1 Å². The maximum atomic E-state index is 8.56. The molecule has 0 unspecified atom stereocenters. The molecule has 1 N–H and O–H groups in total.